The Labute approximate surface area is 294 Å². The van der Waals surface area contributed by atoms with Crippen LogP contribution in [0.1, 0.15) is 137 Å². The minimum absolute atomic E-state index is 0.0535. The lowest BCUT2D eigenvalue weighted by Crippen LogP contribution is -2.53. The van der Waals surface area contributed by atoms with Gasteiger partial charge in [-0.2, -0.15) is 0 Å². The quantitative estimate of drug-likeness (QED) is 0.127. The second kappa shape index (κ2) is 21.1. The van der Waals surface area contributed by atoms with Crippen LogP contribution in [0.5, 0.6) is 0 Å². The van der Waals surface area contributed by atoms with E-state index >= 15 is 0 Å². The van der Waals surface area contributed by atoms with Crippen LogP contribution in [0.4, 0.5) is 0 Å². The van der Waals surface area contributed by atoms with Gasteiger partial charge in [-0.15, -0.1) is 0 Å². The highest BCUT2D eigenvalue weighted by Gasteiger charge is 2.35. The van der Waals surface area contributed by atoms with Crippen LogP contribution in [0, 0.1) is 11.8 Å². The molecular formula is C39H63N3O7. The summed E-state index contributed by atoms with van der Waals surface area (Å²) in [4.78, 5) is 67.9. The van der Waals surface area contributed by atoms with Gasteiger partial charge >= 0.3 is 5.97 Å². The molecule has 0 saturated carbocycles. The maximum Gasteiger partial charge on any atom is 0.326 e. The predicted molar refractivity (Wildman–Crippen MR) is 192 cm³/mol. The van der Waals surface area contributed by atoms with Crippen molar-refractivity contribution in [3.05, 3.63) is 35.9 Å². The van der Waals surface area contributed by atoms with E-state index < -0.39 is 47.5 Å². The number of unbranched alkanes of at least 4 members (excludes halogenated alkanes) is 4. The largest absolute Gasteiger partial charge is 0.480 e. The van der Waals surface area contributed by atoms with Crippen LogP contribution < -0.4 is 10.6 Å². The van der Waals surface area contributed by atoms with Crippen LogP contribution >= 0.6 is 0 Å². The summed E-state index contributed by atoms with van der Waals surface area (Å²) in [7, 11) is 0. The number of rotatable bonds is 21. The number of likely N-dealkylation sites (tertiary alicyclic amines) is 1. The number of carbonyl (C=O) groups is 5. The maximum absolute atomic E-state index is 13.9. The molecule has 3 amide bonds. The standard InChI is InChI=1S/C39H63N3O7/c1-8-10-13-19-31(26-34(44)42-23-21-30(22-24-42)29-17-15-12-16-18-29)37(46)41-35(28(4)49-39(5,6)7)33(43)25-27(3)36(45)40-32(38(47)48)20-14-11-9-2/h12,15-18,27-28,30-32,35H,8-11,13-14,19-26H2,1-7H3,(H,40,45)(H,41,46)(H,47,48)/t27-,28-,31-,32+,35+/m1/s1. The van der Waals surface area contributed by atoms with E-state index in [-0.39, 0.29) is 30.4 Å². The molecule has 10 nitrogen and oxygen atoms in total. The zero-order chi connectivity index (χ0) is 36.6. The highest BCUT2D eigenvalue weighted by atomic mass is 16.5. The first kappa shape index (κ1) is 41.9. The van der Waals surface area contributed by atoms with Crippen LogP contribution in [0.2, 0.25) is 0 Å². The SMILES string of the molecule is CCCCC[C@H](CC(=O)N1CCC(c2ccccc2)CC1)C(=O)N[C@H](C(=O)C[C@@H](C)C(=O)N[C@@H](CCCCC)C(=O)O)[C@@H](C)OC(C)(C)C. The highest BCUT2D eigenvalue weighted by Crippen LogP contribution is 2.29. The molecule has 10 heteroatoms. The second-order valence-electron chi connectivity index (χ2n) is 14.9. The molecule has 0 aromatic heterocycles. The van der Waals surface area contributed by atoms with Gasteiger partial charge in [0.1, 0.15) is 12.1 Å². The van der Waals surface area contributed by atoms with Crippen LogP contribution in [0.25, 0.3) is 0 Å². The number of hydrogen-bond donors (Lipinski definition) is 3. The third-order valence-corrected chi connectivity index (χ3v) is 9.39. The summed E-state index contributed by atoms with van der Waals surface area (Å²) in [6.07, 6.45) is 6.86. The lowest BCUT2D eigenvalue weighted by atomic mass is 9.88. The van der Waals surface area contributed by atoms with Gasteiger partial charge in [0.25, 0.3) is 0 Å². The molecule has 1 aromatic carbocycles. The molecule has 0 bridgehead atoms. The van der Waals surface area contributed by atoms with Gasteiger partial charge in [0, 0.05) is 37.8 Å². The van der Waals surface area contributed by atoms with E-state index in [0.29, 0.717) is 38.3 Å². The Morgan fingerprint density at radius 3 is 2.00 bits per heavy atom. The molecule has 0 spiro atoms. The van der Waals surface area contributed by atoms with Crippen molar-refractivity contribution in [3.63, 3.8) is 0 Å². The highest BCUT2D eigenvalue weighted by molar-refractivity contribution is 5.94. The van der Waals surface area contributed by atoms with Crippen molar-refractivity contribution in [1.82, 2.24) is 15.5 Å². The molecule has 1 heterocycles. The van der Waals surface area contributed by atoms with E-state index in [1.165, 1.54) is 5.56 Å². The van der Waals surface area contributed by atoms with Crippen LogP contribution in [0.15, 0.2) is 30.3 Å². The van der Waals surface area contributed by atoms with Gasteiger partial charge in [-0.05, 0) is 64.9 Å². The monoisotopic (exact) mass is 685 g/mol. The third kappa shape index (κ3) is 15.0. The first-order valence-electron chi connectivity index (χ1n) is 18.5. The molecular weight excluding hydrogens is 622 g/mol. The minimum atomic E-state index is -1.11. The van der Waals surface area contributed by atoms with Crippen molar-refractivity contribution in [2.45, 2.75) is 155 Å². The third-order valence-electron chi connectivity index (χ3n) is 9.39. The number of ketones is 1. The van der Waals surface area contributed by atoms with Gasteiger partial charge < -0.3 is 25.4 Å². The molecule has 1 aliphatic rings. The van der Waals surface area contributed by atoms with Crippen molar-refractivity contribution in [1.29, 1.82) is 0 Å². The van der Waals surface area contributed by atoms with Crippen LogP contribution in [0.3, 0.4) is 0 Å². The van der Waals surface area contributed by atoms with E-state index in [2.05, 4.69) is 29.7 Å². The number of carboxylic acids is 1. The van der Waals surface area contributed by atoms with Crippen molar-refractivity contribution in [3.8, 4) is 0 Å². The Morgan fingerprint density at radius 1 is 0.857 bits per heavy atom. The average molecular weight is 686 g/mol. The summed E-state index contributed by atoms with van der Waals surface area (Å²) >= 11 is 0. The lowest BCUT2D eigenvalue weighted by molar-refractivity contribution is -0.143. The lowest BCUT2D eigenvalue weighted by Gasteiger charge is -2.34. The molecule has 1 fully saturated rings. The van der Waals surface area contributed by atoms with Crippen molar-refractivity contribution >= 4 is 29.5 Å². The average Bonchev–Trinajstić information content (AvgIpc) is 3.05. The fraction of sp³-hybridized carbons (Fsp3) is 0.718. The number of Topliss-reactive ketones (excluding diaryl/α,β-unsaturated/α-hetero) is 1. The number of hydrogen-bond acceptors (Lipinski definition) is 6. The first-order valence-corrected chi connectivity index (χ1v) is 18.5. The Balaban J connectivity index is 2.15. The van der Waals surface area contributed by atoms with Crippen LogP contribution in [-0.4, -0.2) is 76.4 Å². The zero-order valence-corrected chi connectivity index (χ0v) is 31.1. The number of nitrogens with zero attached hydrogens (tertiary/aromatic N) is 1. The smallest absolute Gasteiger partial charge is 0.326 e. The summed E-state index contributed by atoms with van der Waals surface area (Å²) < 4.78 is 6.13. The van der Waals surface area contributed by atoms with Crippen LogP contribution in [-0.2, 0) is 28.7 Å². The first-order chi connectivity index (χ1) is 23.2. The molecule has 3 N–H and O–H groups in total. The van der Waals surface area contributed by atoms with Crippen molar-refractivity contribution in [2.24, 2.45) is 11.8 Å². The molecule has 49 heavy (non-hydrogen) atoms. The predicted octanol–water partition coefficient (Wildman–Crippen LogP) is 6.41. The van der Waals surface area contributed by atoms with E-state index in [4.69, 9.17) is 4.74 Å². The Hall–Kier alpha value is -3.27. The number of aliphatic carboxylic acids is 1. The second-order valence-corrected chi connectivity index (χ2v) is 14.9. The maximum atomic E-state index is 13.9. The summed E-state index contributed by atoms with van der Waals surface area (Å²) in [5.74, 6) is -3.45. The van der Waals surface area contributed by atoms with E-state index in [1.54, 1.807) is 13.8 Å². The number of nitrogens with one attached hydrogen (secondary N) is 2. The molecule has 1 aromatic rings. The Kier molecular flexibility index (Phi) is 18.0. The molecule has 2 rings (SSSR count). The van der Waals surface area contributed by atoms with Gasteiger partial charge in [0.05, 0.1) is 11.7 Å². The fourth-order valence-electron chi connectivity index (χ4n) is 6.54. The van der Waals surface area contributed by atoms with Gasteiger partial charge in [-0.1, -0.05) is 89.6 Å². The molecule has 1 saturated heterocycles. The number of carbonyl (C=O) groups excluding carboxylic acids is 4. The summed E-state index contributed by atoms with van der Waals surface area (Å²) in [5.41, 5.74) is 0.676. The molecule has 5 atom stereocenters. The molecule has 1 aliphatic heterocycles. The normalized spacial score (nSPS) is 17.0. The van der Waals surface area contributed by atoms with Gasteiger partial charge in [-0.25, -0.2) is 4.79 Å². The van der Waals surface area contributed by atoms with Gasteiger partial charge in [-0.3, -0.25) is 19.2 Å². The fourth-order valence-corrected chi connectivity index (χ4v) is 6.54. The summed E-state index contributed by atoms with van der Waals surface area (Å²) in [5, 5.41) is 15.1. The Bertz CT molecular complexity index is 1190. The molecule has 0 radical (unpaired) electrons. The van der Waals surface area contributed by atoms with Gasteiger partial charge in [0.15, 0.2) is 5.78 Å². The zero-order valence-electron chi connectivity index (χ0n) is 31.1. The van der Waals surface area contributed by atoms with E-state index in [1.807, 2.05) is 50.8 Å². The van der Waals surface area contributed by atoms with Crippen molar-refractivity contribution in [2.75, 3.05) is 13.1 Å². The molecule has 276 valence electrons. The van der Waals surface area contributed by atoms with E-state index in [0.717, 1.165) is 44.9 Å². The van der Waals surface area contributed by atoms with Crippen molar-refractivity contribution < 1.29 is 33.8 Å². The number of carboxylic acid groups (broad SMARTS) is 1. The van der Waals surface area contributed by atoms with E-state index in [9.17, 15) is 29.1 Å². The number of ether oxygens (including phenoxy) is 1. The summed E-state index contributed by atoms with van der Waals surface area (Å²) in [6.45, 7) is 14.3. The molecule has 0 unspecified atom stereocenters. The minimum Gasteiger partial charge on any atom is -0.480 e. The number of benzene rings is 1. The Morgan fingerprint density at radius 2 is 1.45 bits per heavy atom. The summed E-state index contributed by atoms with van der Waals surface area (Å²) in [6, 6.07) is 8.27. The topological polar surface area (TPSA) is 142 Å². The number of piperidine rings is 1. The molecule has 0 aliphatic carbocycles. The van der Waals surface area contributed by atoms with Gasteiger partial charge in [0.2, 0.25) is 17.7 Å². The number of amides is 3.